The third kappa shape index (κ3) is 8.00. The molecule has 0 saturated heterocycles. The monoisotopic (exact) mass is 445 g/mol. The first-order chi connectivity index (χ1) is 16.0. The Hall–Kier alpha value is -3.80. The van der Waals surface area contributed by atoms with E-state index in [9.17, 15) is 9.59 Å². The molecular formula is C27H31N3O3. The van der Waals surface area contributed by atoms with Crippen molar-refractivity contribution in [2.45, 2.75) is 32.7 Å². The van der Waals surface area contributed by atoms with Gasteiger partial charge in [0.15, 0.2) is 0 Å². The summed E-state index contributed by atoms with van der Waals surface area (Å²) in [5.41, 5.74) is 3.24. The van der Waals surface area contributed by atoms with Crippen LogP contribution in [-0.2, 0) is 11.2 Å². The molecule has 0 bridgehead atoms. The predicted molar refractivity (Wildman–Crippen MR) is 133 cm³/mol. The van der Waals surface area contributed by atoms with E-state index < -0.39 is 0 Å². The van der Waals surface area contributed by atoms with Crippen molar-refractivity contribution in [2.75, 3.05) is 23.8 Å². The van der Waals surface area contributed by atoms with E-state index in [4.69, 9.17) is 4.74 Å². The first-order valence-corrected chi connectivity index (χ1v) is 11.2. The largest absolute Gasteiger partial charge is 0.493 e. The normalized spacial score (nSPS) is 11.3. The Balaban J connectivity index is 1.44. The first kappa shape index (κ1) is 23.9. The Labute approximate surface area is 195 Å². The van der Waals surface area contributed by atoms with Crippen LogP contribution in [0, 0.1) is 0 Å². The summed E-state index contributed by atoms with van der Waals surface area (Å²) in [6.45, 7) is 4.68. The van der Waals surface area contributed by atoms with Gasteiger partial charge in [0.25, 0.3) is 5.91 Å². The third-order valence-electron chi connectivity index (χ3n) is 5.21. The molecule has 0 aliphatic carbocycles. The molecule has 0 radical (unpaired) electrons. The minimum Gasteiger partial charge on any atom is -0.493 e. The molecule has 1 unspecified atom stereocenters. The second-order valence-corrected chi connectivity index (χ2v) is 7.87. The van der Waals surface area contributed by atoms with Gasteiger partial charge < -0.3 is 20.7 Å². The fourth-order valence-corrected chi connectivity index (χ4v) is 3.13. The number of carbonyl (C=O) groups excluding carboxylic acids is 2. The maximum absolute atomic E-state index is 12.3. The van der Waals surface area contributed by atoms with Crippen molar-refractivity contribution >= 4 is 23.2 Å². The van der Waals surface area contributed by atoms with Gasteiger partial charge in [-0.2, -0.15) is 0 Å². The molecule has 0 aliphatic heterocycles. The van der Waals surface area contributed by atoms with Crippen molar-refractivity contribution in [3.63, 3.8) is 0 Å². The van der Waals surface area contributed by atoms with Crippen molar-refractivity contribution in [2.24, 2.45) is 0 Å². The van der Waals surface area contributed by atoms with Gasteiger partial charge in [0.2, 0.25) is 5.91 Å². The zero-order valence-corrected chi connectivity index (χ0v) is 19.1. The molecule has 1 atom stereocenters. The maximum atomic E-state index is 12.3. The average Bonchev–Trinajstić information content (AvgIpc) is 2.84. The smallest absolute Gasteiger partial charge is 0.251 e. The van der Waals surface area contributed by atoms with Crippen LogP contribution >= 0.6 is 0 Å². The van der Waals surface area contributed by atoms with Crippen LogP contribution in [0.4, 0.5) is 11.4 Å². The molecule has 0 saturated carbocycles. The van der Waals surface area contributed by atoms with Crippen LogP contribution in [-0.4, -0.2) is 31.0 Å². The zero-order valence-electron chi connectivity index (χ0n) is 19.1. The molecular weight excluding hydrogens is 414 g/mol. The van der Waals surface area contributed by atoms with Gasteiger partial charge in [-0.25, -0.2) is 0 Å². The quantitative estimate of drug-likeness (QED) is 0.393. The number of amides is 2. The average molecular weight is 446 g/mol. The number of anilines is 2. The summed E-state index contributed by atoms with van der Waals surface area (Å²) in [6, 6.07) is 24.7. The number of benzene rings is 3. The fraction of sp³-hybridized carbons (Fsp3) is 0.259. The van der Waals surface area contributed by atoms with Crippen molar-refractivity contribution in [1.29, 1.82) is 0 Å². The molecule has 3 N–H and O–H groups in total. The second-order valence-electron chi connectivity index (χ2n) is 7.87. The highest BCUT2D eigenvalue weighted by Crippen LogP contribution is 2.18. The molecule has 172 valence electrons. The molecule has 2 amide bonds. The number of hydrogen-bond acceptors (Lipinski definition) is 4. The third-order valence-corrected chi connectivity index (χ3v) is 5.21. The summed E-state index contributed by atoms with van der Waals surface area (Å²) in [4.78, 5) is 24.5. The van der Waals surface area contributed by atoms with Crippen molar-refractivity contribution in [1.82, 2.24) is 5.32 Å². The molecule has 0 aliphatic rings. The van der Waals surface area contributed by atoms with Gasteiger partial charge in [0, 0.05) is 35.5 Å². The van der Waals surface area contributed by atoms with Gasteiger partial charge in [-0.05, 0) is 55.3 Å². The van der Waals surface area contributed by atoms with Gasteiger partial charge in [0.1, 0.15) is 5.75 Å². The van der Waals surface area contributed by atoms with E-state index in [1.807, 2.05) is 56.3 Å². The topological polar surface area (TPSA) is 79.5 Å². The Bertz CT molecular complexity index is 1040. The van der Waals surface area contributed by atoms with Crippen LogP contribution < -0.4 is 20.7 Å². The number of nitrogens with one attached hydrogen (secondary N) is 3. The Morgan fingerprint density at radius 2 is 1.67 bits per heavy atom. The Kier molecular flexibility index (Phi) is 8.88. The number of ether oxygens (including phenoxy) is 1. The lowest BCUT2D eigenvalue weighted by Crippen LogP contribution is -2.31. The maximum Gasteiger partial charge on any atom is 0.251 e. The molecule has 0 aromatic heterocycles. The van der Waals surface area contributed by atoms with Crippen LogP contribution in [0.2, 0.25) is 0 Å². The lowest BCUT2D eigenvalue weighted by atomic mass is 10.1. The molecule has 3 aromatic rings. The molecule has 3 rings (SSSR count). The highest BCUT2D eigenvalue weighted by Gasteiger charge is 2.09. The van der Waals surface area contributed by atoms with Crippen LogP contribution in [0.5, 0.6) is 5.75 Å². The lowest BCUT2D eigenvalue weighted by molar-refractivity contribution is -0.114. The molecule has 6 nitrogen and oxygen atoms in total. The Morgan fingerprint density at radius 1 is 0.909 bits per heavy atom. The molecule has 0 spiro atoms. The van der Waals surface area contributed by atoms with E-state index in [0.717, 1.165) is 24.3 Å². The molecule has 3 aromatic carbocycles. The summed E-state index contributed by atoms with van der Waals surface area (Å²) in [6.07, 6.45) is 1.70. The fourth-order valence-electron chi connectivity index (χ4n) is 3.13. The zero-order chi connectivity index (χ0) is 23.5. The number of hydrogen-bond donors (Lipinski definition) is 3. The van der Waals surface area contributed by atoms with Crippen LogP contribution in [0.1, 0.15) is 36.2 Å². The number of carbonyl (C=O) groups is 2. The molecule has 0 fully saturated rings. The SMILES string of the molecule is CCC(C)NC(=O)c1ccc(NC(=O)CNc2cccc(OCCc3ccccc3)c2)cc1. The summed E-state index contributed by atoms with van der Waals surface area (Å²) in [5, 5.41) is 8.87. The first-order valence-electron chi connectivity index (χ1n) is 11.2. The number of rotatable bonds is 11. The van der Waals surface area contributed by atoms with E-state index in [0.29, 0.717) is 17.9 Å². The van der Waals surface area contributed by atoms with Crippen LogP contribution in [0.3, 0.4) is 0 Å². The van der Waals surface area contributed by atoms with Crippen molar-refractivity contribution in [3.05, 3.63) is 90.0 Å². The van der Waals surface area contributed by atoms with Crippen molar-refractivity contribution in [3.8, 4) is 5.75 Å². The standard InChI is InChI=1S/C27H31N3O3/c1-3-20(2)29-27(32)22-12-14-23(15-13-22)30-26(31)19-28-24-10-7-11-25(18-24)33-17-16-21-8-5-4-6-9-21/h4-15,18,20,28H,3,16-17,19H2,1-2H3,(H,29,32)(H,30,31). The minimum absolute atomic E-state index is 0.115. The molecule has 6 heteroatoms. The second kappa shape index (κ2) is 12.3. The van der Waals surface area contributed by atoms with E-state index in [1.54, 1.807) is 24.3 Å². The van der Waals surface area contributed by atoms with E-state index in [1.165, 1.54) is 5.56 Å². The van der Waals surface area contributed by atoms with Crippen LogP contribution in [0.25, 0.3) is 0 Å². The summed E-state index contributed by atoms with van der Waals surface area (Å²) in [7, 11) is 0. The lowest BCUT2D eigenvalue weighted by Gasteiger charge is -2.12. The van der Waals surface area contributed by atoms with Crippen molar-refractivity contribution < 1.29 is 14.3 Å². The van der Waals surface area contributed by atoms with Gasteiger partial charge in [-0.15, -0.1) is 0 Å². The molecule has 33 heavy (non-hydrogen) atoms. The summed E-state index contributed by atoms with van der Waals surface area (Å²) in [5.74, 6) is 0.458. The van der Waals surface area contributed by atoms with Gasteiger partial charge in [-0.1, -0.05) is 43.3 Å². The summed E-state index contributed by atoms with van der Waals surface area (Å²) >= 11 is 0. The van der Waals surface area contributed by atoms with E-state index in [2.05, 4.69) is 28.1 Å². The predicted octanol–water partition coefficient (Wildman–Crippen LogP) is 4.89. The van der Waals surface area contributed by atoms with Gasteiger partial charge >= 0.3 is 0 Å². The highest BCUT2D eigenvalue weighted by atomic mass is 16.5. The minimum atomic E-state index is -0.179. The van der Waals surface area contributed by atoms with E-state index >= 15 is 0 Å². The Morgan fingerprint density at radius 3 is 2.39 bits per heavy atom. The molecule has 0 heterocycles. The van der Waals surface area contributed by atoms with E-state index in [-0.39, 0.29) is 24.4 Å². The van der Waals surface area contributed by atoms with Gasteiger partial charge in [-0.3, -0.25) is 9.59 Å². The van der Waals surface area contributed by atoms with Crippen LogP contribution in [0.15, 0.2) is 78.9 Å². The summed E-state index contributed by atoms with van der Waals surface area (Å²) < 4.78 is 5.84. The van der Waals surface area contributed by atoms with Gasteiger partial charge in [0.05, 0.1) is 13.2 Å². The highest BCUT2D eigenvalue weighted by molar-refractivity contribution is 5.96.